The first-order valence-electron chi connectivity index (χ1n) is 10.6. The summed E-state index contributed by atoms with van der Waals surface area (Å²) in [6, 6.07) is 8.93. The summed E-state index contributed by atoms with van der Waals surface area (Å²) in [6.07, 6.45) is -2.99. The van der Waals surface area contributed by atoms with E-state index < -0.39 is 18.1 Å². The number of nitrogens with zero attached hydrogens (tertiary/aromatic N) is 3. The lowest BCUT2D eigenvalue weighted by atomic mass is 9.99. The first kappa shape index (κ1) is 26.4. The van der Waals surface area contributed by atoms with E-state index in [-0.39, 0.29) is 12.4 Å². The summed E-state index contributed by atoms with van der Waals surface area (Å²) in [4.78, 5) is 26.8. The molecule has 2 heterocycles. The van der Waals surface area contributed by atoms with Gasteiger partial charge in [0.2, 0.25) is 0 Å². The molecule has 9 nitrogen and oxygen atoms in total. The molecule has 0 aromatic heterocycles. The van der Waals surface area contributed by atoms with Crippen LogP contribution in [0, 0.1) is 5.41 Å². The fourth-order valence-electron chi connectivity index (χ4n) is 4.20. The van der Waals surface area contributed by atoms with Gasteiger partial charge < -0.3 is 20.8 Å². The smallest absolute Gasteiger partial charge is 0.480 e. The SMILES string of the molecule is CC1CN(c2ccc(C(=N)N)cc2)CCN1C1CCN(CC(=O)O)CC1.O=C(O)C(F)(F)F. The molecule has 1 aromatic carbocycles. The Balaban J connectivity index is 0.000000479. The number of rotatable bonds is 5. The Hall–Kier alpha value is -2.86. The maximum atomic E-state index is 10.9. The van der Waals surface area contributed by atoms with Gasteiger partial charge in [0, 0.05) is 56.1 Å². The molecule has 1 unspecified atom stereocenters. The van der Waals surface area contributed by atoms with Crippen LogP contribution in [0.1, 0.15) is 25.3 Å². The first-order valence-corrected chi connectivity index (χ1v) is 10.6. The molecule has 0 radical (unpaired) electrons. The number of amidine groups is 1. The monoisotopic (exact) mass is 473 g/mol. The predicted octanol–water partition coefficient (Wildman–Crippen LogP) is 1.66. The molecule has 0 bridgehead atoms. The summed E-state index contributed by atoms with van der Waals surface area (Å²) in [5.74, 6) is -3.39. The number of carboxylic acid groups (broad SMARTS) is 2. The molecule has 33 heavy (non-hydrogen) atoms. The molecule has 2 aliphatic rings. The molecular formula is C21H30F3N5O4. The van der Waals surface area contributed by atoms with Crippen LogP contribution >= 0.6 is 0 Å². The van der Waals surface area contributed by atoms with Gasteiger partial charge in [-0.05, 0) is 44.0 Å². The molecule has 1 aromatic rings. The van der Waals surface area contributed by atoms with Crippen molar-refractivity contribution in [2.45, 2.75) is 38.0 Å². The van der Waals surface area contributed by atoms with Crippen LogP contribution in [-0.4, -0.2) is 95.3 Å². The number of aliphatic carboxylic acids is 2. The molecule has 1 atom stereocenters. The van der Waals surface area contributed by atoms with Gasteiger partial charge in [-0.2, -0.15) is 13.2 Å². The van der Waals surface area contributed by atoms with E-state index in [0.717, 1.165) is 51.1 Å². The lowest BCUT2D eigenvalue weighted by Gasteiger charge is -2.47. The van der Waals surface area contributed by atoms with Crippen LogP contribution in [0.3, 0.4) is 0 Å². The molecule has 5 N–H and O–H groups in total. The molecule has 0 spiro atoms. The lowest BCUT2D eigenvalue weighted by molar-refractivity contribution is -0.192. The molecule has 184 valence electrons. The zero-order valence-electron chi connectivity index (χ0n) is 18.4. The molecule has 2 aliphatic heterocycles. The largest absolute Gasteiger partial charge is 0.490 e. The number of hydrogen-bond acceptors (Lipinski definition) is 6. The van der Waals surface area contributed by atoms with Crippen molar-refractivity contribution >= 4 is 23.5 Å². The zero-order chi connectivity index (χ0) is 24.8. The number of carboxylic acids is 2. The average Bonchev–Trinajstić information content (AvgIpc) is 2.74. The third-order valence-corrected chi connectivity index (χ3v) is 5.85. The highest BCUT2D eigenvalue weighted by molar-refractivity contribution is 5.95. The Labute approximate surface area is 190 Å². The van der Waals surface area contributed by atoms with Crippen molar-refractivity contribution in [2.24, 2.45) is 5.73 Å². The minimum Gasteiger partial charge on any atom is -0.480 e. The standard InChI is InChI=1S/C19H29N5O2.C2HF3O2/c1-14-12-23(16-4-2-15(3-5-16)19(20)21)10-11-24(14)17-6-8-22(9-7-17)13-18(25)26;3-2(4,5)1(6)7/h2-5,14,17H,6-13H2,1H3,(H3,20,21)(H,25,26);(H,6,7). The number of hydrogen-bond donors (Lipinski definition) is 4. The fraction of sp³-hybridized carbons (Fsp3) is 0.571. The van der Waals surface area contributed by atoms with E-state index in [9.17, 15) is 18.0 Å². The van der Waals surface area contributed by atoms with Crippen molar-refractivity contribution in [1.29, 1.82) is 5.41 Å². The number of carbonyl (C=O) groups is 2. The van der Waals surface area contributed by atoms with E-state index >= 15 is 0 Å². The van der Waals surface area contributed by atoms with Crippen molar-refractivity contribution in [3.63, 3.8) is 0 Å². The van der Waals surface area contributed by atoms with Crippen LogP contribution in [0.15, 0.2) is 24.3 Å². The molecular weight excluding hydrogens is 443 g/mol. The fourth-order valence-corrected chi connectivity index (χ4v) is 4.20. The highest BCUT2D eigenvalue weighted by atomic mass is 19.4. The van der Waals surface area contributed by atoms with E-state index in [1.54, 1.807) is 0 Å². The number of alkyl halides is 3. The number of halogens is 3. The number of anilines is 1. The number of nitrogens with one attached hydrogen (secondary N) is 1. The topological polar surface area (TPSA) is 134 Å². The maximum absolute atomic E-state index is 10.9. The second-order valence-electron chi connectivity index (χ2n) is 8.20. The Morgan fingerprint density at radius 2 is 1.64 bits per heavy atom. The van der Waals surface area contributed by atoms with E-state index in [2.05, 4.69) is 16.7 Å². The number of piperazine rings is 1. The van der Waals surface area contributed by atoms with Crippen LogP contribution in [0.25, 0.3) is 0 Å². The summed E-state index contributed by atoms with van der Waals surface area (Å²) in [5, 5.41) is 23.6. The van der Waals surface area contributed by atoms with Gasteiger partial charge in [-0.15, -0.1) is 0 Å². The summed E-state index contributed by atoms with van der Waals surface area (Å²) in [6.45, 7) is 7.17. The van der Waals surface area contributed by atoms with Crippen LogP contribution < -0.4 is 10.6 Å². The maximum Gasteiger partial charge on any atom is 0.490 e. The van der Waals surface area contributed by atoms with Gasteiger partial charge in [-0.1, -0.05) is 0 Å². The third kappa shape index (κ3) is 7.90. The van der Waals surface area contributed by atoms with E-state index in [4.69, 9.17) is 26.2 Å². The number of benzene rings is 1. The average molecular weight is 473 g/mol. The predicted molar refractivity (Wildman–Crippen MR) is 117 cm³/mol. The lowest BCUT2D eigenvalue weighted by Crippen LogP contribution is -2.57. The van der Waals surface area contributed by atoms with Gasteiger partial charge >= 0.3 is 18.1 Å². The Morgan fingerprint density at radius 3 is 2.06 bits per heavy atom. The molecule has 12 heteroatoms. The molecule has 0 aliphatic carbocycles. The van der Waals surface area contributed by atoms with Crippen molar-refractivity contribution in [3.8, 4) is 0 Å². The van der Waals surface area contributed by atoms with Gasteiger partial charge in [-0.3, -0.25) is 20.0 Å². The van der Waals surface area contributed by atoms with Crippen LogP contribution in [-0.2, 0) is 9.59 Å². The minimum absolute atomic E-state index is 0.101. The van der Waals surface area contributed by atoms with E-state index in [0.29, 0.717) is 12.1 Å². The summed E-state index contributed by atoms with van der Waals surface area (Å²) < 4.78 is 31.7. The van der Waals surface area contributed by atoms with Crippen molar-refractivity contribution < 1.29 is 33.0 Å². The second-order valence-corrected chi connectivity index (χ2v) is 8.20. The van der Waals surface area contributed by atoms with Gasteiger partial charge in [0.1, 0.15) is 5.84 Å². The quantitative estimate of drug-likeness (QED) is 0.375. The second kappa shape index (κ2) is 11.3. The molecule has 0 amide bonds. The van der Waals surface area contributed by atoms with Gasteiger partial charge in [0.15, 0.2) is 0 Å². The van der Waals surface area contributed by atoms with Gasteiger partial charge in [-0.25, -0.2) is 4.79 Å². The first-order chi connectivity index (χ1) is 15.4. The highest BCUT2D eigenvalue weighted by Crippen LogP contribution is 2.25. The van der Waals surface area contributed by atoms with E-state index in [1.807, 2.05) is 29.2 Å². The van der Waals surface area contributed by atoms with Crippen LogP contribution in [0.5, 0.6) is 0 Å². The normalized spacial score (nSPS) is 20.6. The molecule has 2 saturated heterocycles. The third-order valence-electron chi connectivity index (χ3n) is 5.85. The minimum atomic E-state index is -5.08. The molecule has 3 rings (SSSR count). The van der Waals surface area contributed by atoms with Gasteiger partial charge in [0.25, 0.3) is 0 Å². The highest BCUT2D eigenvalue weighted by Gasteiger charge is 2.38. The van der Waals surface area contributed by atoms with Crippen LogP contribution in [0.2, 0.25) is 0 Å². The zero-order valence-corrected chi connectivity index (χ0v) is 18.4. The van der Waals surface area contributed by atoms with Crippen molar-refractivity contribution in [1.82, 2.24) is 9.80 Å². The Bertz CT molecular complexity index is 826. The molecule has 0 saturated carbocycles. The molecule has 2 fully saturated rings. The van der Waals surface area contributed by atoms with Crippen molar-refractivity contribution in [3.05, 3.63) is 29.8 Å². The van der Waals surface area contributed by atoms with Gasteiger partial charge in [0.05, 0.1) is 6.54 Å². The number of nitrogens with two attached hydrogens (primary N) is 1. The number of piperidine rings is 1. The summed E-state index contributed by atoms with van der Waals surface area (Å²) >= 11 is 0. The Morgan fingerprint density at radius 1 is 1.09 bits per heavy atom. The Kier molecular flexibility index (Phi) is 9.06. The van der Waals surface area contributed by atoms with Crippen molar-refractivity contribution in [2.75, 3.05) is 44.2 Å². The summed E-state index contributed by atoms with van der Waals surface area (Å²) in [7, 11) is 0. The van der Waals surface area contributed by atoms with Crippen LogP contribution in [0.4, 0.5) is 18.9 Å². The van der Waals surface area contributed by atoms with E-state index in [1.165, 1.54) is 5.69 Å². The number of likely N-dealkylation sites (tertiary alicyclic amines) is 1. The number of nitrogen functional groups attached to an aromatic ring is 1. The summed E-state index contributed by atoms with van der Waals surface area (Å²) in [5.41, 5.74) is 7.46.